The SMILES string of the molecule is Nc1ccc(CN2CCN(C3CC3)CC2)cc1F. The van der Waals surface area contributed by atoms with Gasteiger partial charge in [-0.3, -0.25) is 9.80 Å². The number of nitrogens with two attached hydrogens (primary N) is 1. The van der Waals surface area contributed by atoms with Gasteiger partial charge in [0, 0.05) is 38.8 Å². The summed E-state index contributed by atoms with van der Waals surface area (Å²) in [4.78, 5) is 4.98. The van der Waals surface area contributed by atoms with Gasteiger partial charge in [0.2, 0.25) is 0 Å². The fraction of sp³-hybridized carbons (Fsp3) is 0.571. The van der Waals surface area contributed by atoms with Crippen LogP contribution in [0.5, 0.6) is 0 Å². The largest absolute Gasteiger partial charge is 0.396 e. The first-order valence-electron chi connectivity index (χ1n) is 6.73. The van der Waals surface area contributed by atoms with Crippen molar-refractivity contribution in [1.29, 1.82) is 0 Å². The molecule has 4 heteroatoms. The third-order valence-corrected chi connectivity index (χ3v) is 3.94. The van der Waals surface area contributed by atoms with Gasteiger partial charge < -0.3 is 5.73 Å². The van der Waals surface area contributed by atoms with Gasteiger partial charge in [-0.25, -0.2) is 4.39 Å². The molecule has 1 saturated heterocycles. The first kappa shape index (κ1) is 11.9. The Balaban J connectivity index is 1.55. The zero-order chi connectivity index (χ0) is 12.5. The predicted octanol–water partition coefficient (Wildman–Crippen LogP) is 1.69. The number of rotatable bonds is 3. The van der Waals surface area contributed by atoms with E-state index in [0.29, 0.717) is 0 Å². The van der Waals surface area contributed by atoms with Gasteiger partial charge in [-0.2, -0.15) is 0 Å². The highest BCUT2D eigenvalue weighted by Crippen LogP contribution is 2.27. The van der Waals surface area contributed by atoms with E-state index in [2.05, 4.69) is 9.80 Å². The van der Waals surface area contributed by atoms with Crippen molar-refractivity contribution in [2.75, 3.05) is 31.9 Å². The molecule has 3 rings (SSSR count). The number of halogens is 1. The number of hydrogen-bond acceptors (Lipinski definition) is 3. The smallest absolute Gasteiger partial charge is 0.146 e. The first-order valence-corrected chi connectivity index (χ1v) is 6.73. The zero-order valence-electron chi connectivity index (χ0n) is 10.6. The summed E-state index contributed by atoms with van der Waals surface area (Å²) in [5.74, 6) is -0.302. The molecule has 1 saturated carbocycles. The van der Waals surface area contributed by atoms with Crippen LogP contribution in [-0.4, -0.2) is 42.0 Å². The summed E-state index contributed by atoms with van der Waals surface area (Å²) in [5, 5.41) is 0. The molecule has 0 amide bonds. The Labute approximate surface area is 107 Å². The topological polar surface area (TPSA) is 32.5 Å². The van der Waals surface area contributed by atoms with Crippen molar-refractivity contribution < 1.29 is 4.39 Å². The van der Waals surface area contributed by atoms with Crippen molar-refractivity contribution in [3.8, 4) is 0 Å². The van der Waals surface area contributed by atoms with Crippen molar-refractivity contribution in [2.45, 2.75) is 25.4 Å². The zero-order valence-corrected chi connectivity index (χ0v) is 10.6. The summed E-state index contributed by atoms with van der Waals surface area (Å²) < 4.78 is 13.4. The lowest BCUT2D eigenvalue weighted by Crippen LogP contribution is -2.46. The number of hydrogen-bond donors (Lipinski definition) is 1. The molecule has 2 N–H and O–H groups in total. The van der Waals surface area contributed by atoms with E-state index in [4.69, 9.17) is 5.73 Å². The summed E-state index contributed by atoms with van der Waals surface area (Å²) in [6.45, 7) is 5.31. The Kier molecular flexibility index (Phi) is 3.22. The van der Waals surface area contributed by atoms with E-state index < -0.39 is 0 Å². The fourth-order valence-electron chi connectivity index (χ4n) is 2.65. The molecule has 1 aromatic carbocycles. The summed E-state index contributed by atoms with van der Waals surface area (Å²) in [5.41, 5.74) is 6.73. The van der Waals surface area contributed by atoms with Crippen molar-refractivity contribution in [3.05, 3.63) is 29.6 Å². The van der Waals surface area contributed by atoms with Crippen LogP contribution in [0.4, 0.5) is 10.1 Å². The van der Waals surface area contributed by atoms with Gasteiger partial charge in [-0.05, 0) is 30.5 Å². The maximum atomic E-state index is 13.4. The van der Waals surface area contributed by atoms with Gasteiger partial charge in [-0.15, -0.1) is 0 Å². The Hall–Kier alpha value is -1.13. The van der Waals surface area contributed by atoms with Crippen LogP contribution in [0.15, 0.2) is 18.2 Å². The van der Waals surface area contributed by atoms with Crippen LogP contribution in [0.1, 0.15) is 18.4 Å². The lowest BCUT2D eigenvalue weighted by Gasteiger charge is -2.34. The average Bonchev–Trinajstić information content (AvgIpc) is 3.19. The Morgan fingerprint density at radius 1 is 1.17 bits per heavy atom. The summed E-state index contributed by atoms with van der Waals surface area (Å²) >= 11 is 0. The van der Waals surface area contributed by atoms with E-state index in [1.807, 2.05) is 6.07 Å². The second-order valence-electron chi connectivity index (χ2n) is 5.40. The van der Waals surface area contributed by atoms with E-state index in [9.17, 15) is 4.39 Å². The highest BCUT2D eigenvalue weighted by atomic mass is 19.1. The quantitative estimate of drug-likeness (QED) is 0.827. The Morgan fingerprint density at radius 3 is 2.50 bits per heavy atom. The molecule has 1 heterocycles. The molecule has 18 heavy (non-hydrogen) atoms. The molecule has 0 spiro atoms. The maximum absolute atomic E-state index is 13.4. The number of benzene rings is 1. The molecule has 3 nitrogen and oxygen atoms in total. The Morgan fingerprint density at radius 2 is 1.89 bits per heavy atom. The van der Waals surface area contributed by atoms with Crippen molar-refractivity contribution in [1.82, 2.24) is 9.80 Å². The van der Waals surface area contributed by atoms with Gasteiger partial charge in [0.15, 0.2) is 0 Å². The monoisotopic (exact) mass is 249 g/mol. The van der Waals surface area contributed by atoms with Gasteiger partial charge in [0.25, 0.3) is 0 Å². The highest BCUT2D eigenvalue weighted by Gasteiger charge is 2.30. The standard InChI is InChI=1S/C14H20FN3/c15-13-9-11(1-4-14(13)16)10-17-5-7-18(8-6-17)12-2-3-12/h1,4,9,12H,2-3,5-8,10,16H2. The first-order chi connectivity index (χ1) is 8.72. The fourth-order valence-corrected chi connectivity index (χ4v) is 2.65. The van der Waals surface area contributed by atoms with Crippen molar-refractivity contribution >= 4 is 5.69 Å². The van der Waals surface area contributed by atoms with Gasteiger partial charge >= 0.3 is 0 Å². The van der Waals surface area contributed by atoms with E-state index in [0.717, 1.165) is 44.3 Å². The van der Waals surface area contributed by atoms with Crippen LogP contribution in [0, 0.1) is 5.82 Å². The third-order valence-electron chi connectivity index (χ3n) is 3.94. The molecule has 1 aromatic rings. The second kappa shape index (κ2) is 4.86. The molecule has 1 aliphatic carbocycles. The lowest BCUT2D eigenvalue weighted by molar-refractivity contribution is 0.121. The third kappa shape index (κ3) is 2.65. The van der Waals surface area contributed by atoms with E-state index >= 15 is 0 Å². The minimum absolute atomic E-state index is 0.234. The molecular weight excluding hydrogens is 229 g/mol. The van der Waals surface area contributed by atoms with Crippen LogP contribution >= 0.6 is 0 Å². The van der Waals surface area contributed by atoms with E-state index in [1.165, 1.54) is 12.8 Å². The summed E-state index contributed by atoms with van der Waals surface area (Å²) in [6, 6.07) is 6.00. The van der Waals surface area contributed by atoms with Crippen LogP contribution < -0.4 is 5.73 Å². The van der Waals surface area contributed by atoms with Crippen LogP contribution in [0.3, 0.4) is 0 Å². The number of nitrogens with zero attached hydrogens (tertiary/aromatic N) is 2. The van der Waals surface area contributed by atoms with Crippen LogP contribution in [0.25, 0.3) is 0 Å². The molecule has 0 atom stereocenters. The minimum Gasteiger partial charge on any atom is -0.396 e. The van der Waals surface area contributed by atoms with Gasteiger partial charge in [0.05, 0.1) is 5.69 Å². The number of nitrogen functional groups attached to an aromatic ring is 1. The summed E-state index contributed by atoms with van der Waals surface area (Å²) in [6.07, 6.45) is 2.76. The molecule has 0 radical (unpaired) electrons. The van der Waals surface area contributed by atoms with Crippen LogP contribution in [0.2, 0.25) is 0 Å². The maximum Gasteiger partial charge on any atom is 0.146 e. The molecule has 98 valence electrons. The molecule has 0 unspecified atom stereocenters. The Bertz CT molecular complexity index is 423. The number of anilines is 1. The lowest BCUT2D eigenvalue weighted by atomic mass is 10.1. The molecule has 1 aliphatic heterocycles. The molecule has 0 aromatic heterocycles. The molecular formula is C14H20FN3. The normalized spacial score (nSPS) is 22.3. The van der Waals surface area contributed by atoms with Gasteiger partial charge in [0.1, 0.15) is 5.82 Å². The van der Waals surface area contributed by atoms with E-state index in [-0.39, 0.29) is 11.5 Å². The van der Waals surface area contributed by atoms with Crippen LogP contribution in [-0.2, 0) is 6.54 Å². The molecule has 2 fully saturated rings. The molecule has 0 bridgehead atoms. The van der Waals surface area contributed by atoms with Crippen molar-refractivity contribution in [3.63, 3.8) is 0 Å². The van der Waals surface area contributed by atoms with E-state index in [1.54, 1.807) is 12.1 Å². The number of piperazine rings is 1. The highest BCUT2D eigenvalue weighted by molar-refractivity contribution is 5.41. The minimum atomic E-state index is -0.302. The van der Waals surface area contributed by atoms with Crippen molar-refractivity contribution in [2.24, 2.45) is 0 Å². The second-order valence-corrected chi connectivity index (χ2v) is 5.40. The predicted molar refractivity (Wildman–Crippen MR) is 70.7 cm³/mol. The average molecular weight is 249 g/mol. The molecule has 2 aliphatic rings. The van der Waals surface area contributed by atoms with Gasteiger partial charge in [-0.1, -0.05) is 6.07 Å². The summed E-state index contributed by atoms with van der Waals surface area (Å²) in [7, 11) is 0.